The van der Waals surface area contributed by atoms with E-state index < -0.39 is 0 Å². The van der Waals surface area contributed by atoms with E-state index in [1.54, 1.807) is 0 Å². The van der Waals surface area contributed by atoms with Gasteiger partial charge in [-0.1, -0.05) is 18.6 Å². The molecule has 0 amide bonds. The molecule has 1 fully saturated rings. The summed E-state index contributed by atoms with van der Waals surface area (Å²) in [6.07, 6.45) is 3.99. The maximum atomic E-state index is 5.85. The van der Waals surface area contributed by atoms with Crippen LogP contribution in [0.5, 0.6) is 5.75 Å². The summed E-state index contributed by atoms with van der Waals surface area (Å²) in [6, 6.07) is 7.97. The molecule has 0 saturated heterocycles. The Morgan fingerprint density at radius 1 is 1.47 bits per heavy atom. The summed E-state index contributed by atoms with van der Waals surface area (Å²) in [4.78, 5) is 4.35. The molecule has 0 unspecified atom stereocenters. The van der Waals surface area contributed by atoms with E-state index in [4.69, 9.17) is 10.5 Å². The smallest absolute Gasteiger partial charge is 0.188 e. The van der Waals surface area contributed by atoms with E-state index in [-0.39, 0.29) is 0 Å². The first-order valence-corrected chi connectivity index (χ1v) is 7.03. The number of guanidine groups is 1. The molecular weight excluding hydrogens is 238 g/mol. The lowest BCUT2D eigenvalue weighted by Crippen LogP contribution is -2.37. The van der Waals surface area contributed by atoms with E-state index >= 15 is 0 Å². The molecule has 0 bridgehead atoms. The predicted octanol–water partition coefficient (Wildman–Crippen LogP) is 2.29. The zero-order chi connectivity index (χ0) is 13.5. The van der Waals surface area contributed by atoms with Crippen LogP contribution in [0.2, 0.25) is 0 Å². The van der Waals surface area contributed by atoms with Gasteiger partial charge in [0.2, 0.25) is 0 Å². The number of aliphatic imine (C=N–C) groups is 1. The van der Waals surface area contributed by atoms with E-state index in [2.05, 4.69) is 10.3 Å². The number of nitrogens with two attached hydrogens (primary N) is 1. The van der Waals surface area contributed by atoms with Gasteiger partial charge in [-0.2, -0.15) is 0 Å². The molecule has 1 aliphatic rings. The van der Waals surface area contributed by atoms with Crippen molar-refractivity contribution in [1.29, 1.82) is 0 Å². The van der Waals surface area contributed by atoms with Gasteiger partial charge in [0.1, 0.15) is 5.75 Å². The fourth-order valence-electron chi connectivity index (χ4n) is 2.08. The second-order valence-corrected chi connectivity index (χ2v) is 4.96. The van der Waals surface area contributed by atoms with Gasteiger partial charge in [0.05, 0.1) is 13.2 Å². The summed E-state index contributed by atoms with van der Waals surface area (Å²) in [5.74, 6) is 2.21. The molecule has 0 aromatic heterocycles. The number of nitrogens with one attached hydrogen (secondary N) is 1. The fraction of sp³-hybridized carbons (Fsp3) is 0.533. The highest BCUT2D eigenvalue weighted by molar-refractivity contribution is 5.77. The number of hydrogen-bond acceptors (Lipinski definition) is 2. The van der Waals surface area contributed by atoms with Gasteiger partial charge in [-0.25, -0.2) is 4.99 Å². The van der Waals surface area contributed by atoms with Crippen molar-refractivity contribution in [1.82, 2.24) is 5.32 Å². The molecule has 3 N–H and O–H groups in total. The Bertz CT molecular complexity index is 427. The molecule has 0 aliphatic heterocycles. The Balaban J connectivity index is 1.80. The van der Waals surface area contributed by atoms with Crippen molar-refractivity contribution >= 4 is 5.96 Å². The standard InChI is InChI=1S/C15H23N3O/c1-2-19-14-8-4-7-13(9-14)11-18-15(16)17-10-12-5-3-6-12/h4,7-9,12H,2-3,5-6,10-11H2,1H3,(H3,16,17,18). The van der Waals surface area contributed by atoms with Crippen LogP contribution >= 0.6 is 0 Å². The lowest BCUT2D eigenvalue weighted by atomic mass is 9.85. The lowest BCUT2D eigenvalue weighted by Gasteiger charge is -2.25. The van der Waals surface area contributed by atoms with E-state index in [1.165, 1.54) is 19.3 Å². The maximum Gasteiger partial charge on any atom is 0.188 e. The van der Waals surface area contributed by atoms with Crippen molar-refractivity contribution in [2.24, 2.45) is 16.6 Å². The van der Waals surface area contributed by atoms with Gasteiger partial charge >= 0.3 is 0 Å². The molecule has 0 atom stereocenters. The molecule has 0 heterocycles. The molecule has 1 aromatic rings. The van der Waals surface area contributed by atoms with Crippen molar-refractivity contribution in [2.75, 3.05) is 13.2 Å². The molecular formula is C15H23N3O. The average molecular weight is 261 g/mol. The first-order valence-electron chi connectivity index (χ1n) is 7.03. The number of rotatable bonds is 6. The normalized spacial score (nSPS) is 15.9. The van der Waals surface area contributed by atoms with Crippen LogP contribution in [0.4, 0.5) is 0 Å². The number of ether oxygens (including phenoxy) is 1. The van der Waals surface area contributed by atoms with E-state index in [1.807, 2.05) is 31.2 Å². The van der Waals surface area contributed by atoms with Crippen molar-refractivity contribution in [3.05, 3.63) is 29.8 Å². The topological polar surface area (TPSA) is 59.6 Å². The van der Waals surface area contributed by atoms with Crippen LogP contribution in [-0.2, 0) is 6.54 Å². The van der Waals surface area contributed by atoms with Crippen molar-refractivity contribution in [3.63, 3.8) is 0 Å². The maximum absolute atomic E-state index is 5.85. The Labute approximate surface area is 115 Å². The Morgan fingerprint density at radius 3 is 3.00 bits per heavy atom. The van der Waals surface area contributed by atoms with Crippen LogP contribution in [-0.4, -0.2) is 19.1 Å². The minimum atomic E-state index is 0.536. The molecule has 1 saturated carbocycles. The molecule has 4 nitrogen and oxygen atoms in total. The molecule has 1 aliphatic carbocycles. The minimum Gasteiger partial charge on any atom is -0.494 e. The fourth-order valence-corrected chi connectivity index (χ4v) is 2.08. The SMILES string of the molecule is CCOc1cccc(CN=C(N)NCC2CCC2)c1. The lowest BCUT2D eigenvalue weighted by molar-refractivity contribution is 0.315. The van der Waals surface area contributed by atoms with Crippen molar-refractivity contribution in [3.8, 4) is 5.75 Å². The van der Waals surface area contributed by atoms with Crippen molar-refractivity contribution in [2.45, 2.75) is 32.7 Å². The van der Waals surface area contributed by atoms with Crippen LogP contribution in [0.1, 0.15) is 31.7 Å². The van der Waals surface area contributed by atoms with Gasteiger partial charge in [0.15, 0.2) is 5.96 Å². The van der Waals surface area contributed by atoms with E-state index in [9.17, 15) is 0 Å². The molecule has 1 aromatic carbocycles. The minimum absolute atomic E-state index is 0.536. The first kappa shape index (κ1) is 13.7. The third kappa shape index (κ3) is 4.47. The summed E-state index contributed by atoms with van der Waals surface area (Å²) in [5.41, 5.74) is 6.96. The number of hydrogen-bond donors (Lipinski definition) is 2. The van der Waals surface area contributed by atoms with Gasteiger partial charge < -0.3 is 15.8 Å². The zero-order valence-corrected chi connectivity index (χ0v) is 11.6. The summed E-state index contributed by atoms with van der Waals surface area (Å²) in [6.45, 7) is 4.20. The van der Waals surface area contributed by atoms with Crippen LogP contribution < -0.4 is 15.8 Å². The third-order valence-corrected chi connectivity index (χ3v) is 3.44. The molecule has 104 valence electrons. The van der Waals surface area contributed by atoms with Gasteiger partial charge in [-0.05, 0) is 43.4 Å². The van der Waals surface area contributed by atoms with E-state index in [0.717, 1.165) is 23.8 Å². The quantitative estimate of drug-likeness (QED) is 0.610. The number of benzene rings is 1. The highest BCUT2D eigenvalue weighted by Crippen LogP contribution is 2.25. The van der Waals surface area contributed by atoms with Crippen LogP contribution in [0.15, 0.2) is 29.3 Å². The largest absolute Gasteiger partial charge is 0.494 e. The summed E-state index contributed by atoms with van der Waals surface area (Å²) < 4.78 is 5.46. The highest BCUT2D eigenvalue weighted by Gasteiger charge is 2.16. The average Bonchev–Trinajstić information content (AvgIpc) is 2.35. The van der Waals surface area contributed by atoms with Gasteiger partial charge in [0, 0.05) is 6.54 Å². The summed E-state index contributed by atoms with van der Waals surface area (Å²) >= 11 is 0. The summed E-state index contributed by atoms with van der Waals surface area (Å²) in [7, 11) is 0. The van der Waals surface area contributed by atoms with Crippen LogP contribution in [0.3, 0.4) is 0 Å². The molecule has 2 rings (SSSR count). The van der Waals surface area contributed by atoms with Crippen molar-refractivity contribution < 1.29 is 4.74 Å². The van der Waals surface area contributed by atoms with Gasteiger partial charge in [0.25, 0.3) is 0 Å². The second-order valence-electron chi connectivity index (χ2n) is 4.96. The van der Waals surface area contributed by atoms with Gasteiger partial charge in [-0.3, -0.25) is 0 Å². The predicted molar refractivity (Wildman–Crippen MR) is 78.3 cm³/mol. The first-order chi connectivity index (χ1) is 9.28. The van der Waals surface area contributed by atoms with Crippen LogP contribution in [0, 0.1) is 5.92 Å². The second kappa shape index (κ2) is 7.02. The number of nitrogens with zero attached hydrogens (tertiary/aromatic N) is 1. The monoisotopic (exact) mass is 261 g/mol. The molecule has 19 heavy (non-hydrogen) atoms. The zero-order valence-electron chi connectivity index (χ0n) is 11.6. The third-order valence-electron chi connectivity index (χ3n) is 3.44. The molecule has 0 spiro atoms. The molecule has 4 heteroatoms. The van der Waals surface area contributed by atoms with Crippen LogP contribution in [0.25, 0.3) is 0 Å². The Hall–Kier alpha value is -1.71. The Kier molecular flexibility index (Phi) is 5.07. The van der Waals surface area contributed by atoms with E-state index in [0.29, 0.717) is 19.1 Å². The Morgan fingerprint density at radius 2 is 2.32 bits per heavy atom. The summed E-state index contributed by atoms with van der Waals surface area (Å²) in [5, 5.41) is 3.19. The van der Waals surface area contributed by atoms with Gasteiger partial charge in [-0.15, -0.1) is 0 Å². The highest BCUT2D eigenvalue weighted by atomic mass is 16.5. The molecule has 0 radical (unpaired) electrons.